The van der Waals surface area contributed by atoms with Crippen LogP contribution in [0.25, 0.3) is 0 Å². The molecule has 9 nitrogen and oxygen atoms in total. The molecule has 4 rings (SSSR count). The molecule has 2 atom stereocenters. The second-order valence-corrected chi connectivity index (χ2v) is 8.77. The van der Waals surface area contributed by atoms with E-state index in [1.165, 1.54) is 29.8 Å². The van der Waals surface area contributed by atoms with Gasteiger partial charge in [0, 0.05) is 32.4 Å². The average molecular weight is 473 g/mol. The van der Waals surface area contributed by atoms with Gasteiger partial charge in [-0.1, -0.05) is 12.1 Å². The first-order valence-corrected chi connectivity index (χ1v) is 11.3. The Morgan fingerprint density at radius 3 is 2.65 bits per heavy atom. The van der Waals surface area contributed by atoms with Gasteiger partial charge in [0.2, 0.25) is 5.91 Å². The lowest BCUT2D eigenvalue weighted by Crippen LogP contribution is -2.53. The number of benzene rings is 1. The molecule has 0 bridgehead atoms. The third-order valence-electron chi connectivity index (χ3n) is 6.61. The van der Waals surface area contributed by atoms with Crippen molar-refractivity contribution in [2.45, 2.75) is 31.5 Å². The maximum Gasteiger partial charge on any atom is 0.293 e. The number of hydrogen-bond donors (Lipinski definition) is 2. The van der Waals surface area contributed by atoms with Gasteiger partial charge in [0.15, 0.2) is 5.75 Å². The topological polar surface area (TPSA) is 104 Å². The van der Waals surface area contributed by atoms with Crippen molar-refractivity contribution in [1.82, 2.24) is 19.7 Å². The predicted molar refractivity (Wildman–Crippen MR) is 122 cm³/mol. The second kappa shape index (κ2) is 9.94. The highest BCUT2D eigenvalue weighted by Gasteiger charge is 2.38. The van der Waals surface area contributed by atoms with E-state index in [1.54, 1.807) is 17.0 Å². The van der Waals surface area contributed by atoms with E-state index >= 15 is 0 Å². The molecule has 10 heteroatoms. The third-order valence-corrected chi connectivity index (χ3v) is 6.61. The average Bonchev–Trinajstić information content (AvgIpc) is 3.32. The van der Waals surface area contributed by atoms with Crippen molar-refractivity contribution in [3.63, 3.8) is 0 Å². The van der Waals surface area contributed by atoms with Crippen molar-refractivity contribution in [2.24, 2.45) is 7.05 Å². The molecule has 0 aliphatic carbocycles. The molecule has 1 aromatic heterocycles. The van der Waals surface area contributed by atoms with Crippen LogP contribution in [0.4, 0.5) is 4.39 Å². The minimum Gasteiger partial charge on any atom is -0.502 e. The molecule has 0 spiro atoms. The zero-order chi connectivity index (χ0) is 24.4. The van der Waals surface area contributed by atoms with Crippen LogP contribution < -0.4 is 10.9 Å². The highest BCUT2D eigenvalue weighted by molar-refractivity contribution is 5.96. The zero-order valence-corrected chi connectivity index (χ0v) is 19.3. The quantitative estimate of drug-likeness (QED) is 0.677. The van der Waals surface area contributed by atoms with Crippen molar-refractivity contribution in [3.8, 4) is 5.75 Å². The van der Waals surface area contributed by atoms with Gasteiger partial charge in [0.05, 0.1) is 24.8 Å². The first-order chi connectivity index (χ1) is 16.3. The summed E-state index contributed by atoms with van der Waals surface area (Å²) in [6.07, 6.45) is 1.40. The van der Waals surface area contributed by atoms with Crippen LogP contribution in [0.15, 0.2) is 35.1 Å². The fourth-order valence-electron chi connectivity index (χ4n) is 4.55. The number of hydrogen-bond acceptors (Lipinski definition) is 6. The van der Waals surface area contributed by atoms with Gasteiger partial charge in [0.1, 0.15) is 11.9 Å². The van der Waals surface area contributed by atoms with E-state index < -0.39 is 29.3 Å². The Balaban J connectivity index is 1.59. The van der Waals surface area contributed by atoms with Crippen LogP contribution in [-0.4, -0.2) is 70.7 Å². The van der Waals surface area contributed by atoms with Crippen molar-refractivity contribution in [2.75, 3.05) is 33.4 Å². The number of aromatic hydroxyl groups is 1. The largest absolute Gasteiger partial charge is 0.502 e. The Bertz CT molecular complexity index is 1130. The van der Waals surface area contributed by atoms with Gasteiger partial charge in [-0.25, -0.2) is 4.39 Å². The molecule has 2 N–H and O–H groups in total. The standard InChI is InChI=1S/C24H29FN4O5/c1-27-10-11-34-14-20(27)23(32)29-9-3-4-18(29)19-12-17(21(30)24(33)28(19)2)22(31)26-13-15-5-7-16(25)8-6-15/h5-8,12,18,20,30H,3-4,9-11,13-14H2,1-2H3,(H,26,31). The summed E-state index contributed by atoms with van der Waals surface area (Å²) < 4.78 is 19.9. The number of halogens is 1. The summed E-state index contributed by atoms with van der Waals surface area (Å²) in [7, 11) is 3.41. The number of nitrogens with zero attached hydrogens (tertiary/aromatic N) is 3. The van der Waals surface area contributed by atoms with E-state index in [9.17, 15) is 23.9 Å². The Morgan fingerprint density at radius 1 is 1.21 bits per heavy atom. The van der Waals surface area contributed by atoms with Crippen molar-refractivity contribution in [3.05, 3.63) is 63.3 Å². The lowest BCUT2D eigenvalue weighted by atomic mass is 10.0. The van der Waals surface area contributed by atoms with E-state index in [-0.39, 0.29) is 23.8 Å². The van der Waals surface area contributed by atoms with Crippen LogP contribution in [0.5, 0.6) is 5.75 Å². The molecule has 2 unspecified atom stereocenters. The Morgan fingerprint density at radius 2 is 1.94 bits per heavy atom. The van der Waals surface area contributed by atoms with Gasteiger partial charge < -0.3 is 24.6 Å². The predicted octanol–water partition coefficient (Wildman–Crippen LogP) is 1.15. The van der Waals surface area contributed by atoms with Crippen LogP contribution in [-0.2, 0) is 23.1 Å². The zero-order valence-electron chi connectivity index (χ0n) is 19.3. The number of pyridine rings is 1. The molecule has 2 saturated heterocycles. The smallest absolute Gasteiger partial charge is 0.293 e. The van der Waals surface area contributed by atoms with Crippen molar-refractivity contribution in [1.29, 1.82) is 0 Å². The number of aromatic nitrogens is 1. The number of nitrogens with one attached hydrogen (secondary N) is 1. The summed E-state index contributed by atoms with van der Waals surface area (Å²) in [5, 5.41) is 13.1. The summed E-state index contributed by atoms with van der Waals surface area (Å²) in [5.41, 5.74) is 0.295. The molecule has 2 aliphatic heterocycles. The highest BCUT2D eigenvalue weighted by atomic mass is 19.1. The van der Waals surface area contributed by atoms with E-state index in [0.717, 1.165) is 6.42 Å². The number of amides is 2. The van der Waals surface area contributed by atoms with Crippen LogP contribution in [0.3, 0.4) is 0 Å². The van der Waals surface area contributed by atoms with Crippen LogP contribution in [0, 0.1) is 5.82 Å². The highest BCUT2D eigenvalue weighted by Crippen LogP contribution is 2.33. The van der Waals surface area contributed by atoms with E-state index in [4.69, 9.17) is 4.74 Å². The molecule has 1 aromatic carbocycles. The number of likely N-dealkylation sites (N-methyl/N-ethyl adjacent to an activating group) is 1. The molecule has 0 saturated carbocycles. The summed E-state index contributed by atoms with van der Waals surface area (Å²) in [6.45, 7) is 2.18. The minimum absolute atomic E-state index is 0.0764. The van der Waals surface area contributed by atoms with Crippen molar-refractivity contribution >= 4 is 11.8 Å². The number of carbonyl (C=O) groups is 2. The number of rotatable bonds is 5. The molecular weight excluding hydrogens is 443 g/mol. The summed E-state index contributed by atoms with van der Waals surface area (Å²) in [6, 6.07) is 6.34. The molecular formula is C24H29FN4O5. The van der Waals surface area contributed by atoms with Crippen LogP contribution >= 0.6 is 0 Å². The van der Waals surface area contributed by atoms with Crippen molar-refractivity contribution < 1.29 is 23.8 Å². The molecule has 2 amide bonds. The SMILES string of the molecule is CN1CCOCC1C(=O)N1CCCC1c1cc(C(=O)NCc2ccc(F)cc2)c(O)c(=O)n1C. The molecule has 3 heterocycles. The monoisotopic (exact) mass is 472 g/mol. The Hall–Kier alpha value is -3.24. The van der Waals surface area contributed by atoms with E-state index in [2.05, 4.69) is 5.32 Å². The Kier molecular flexibility index (Phi) is 6.99. The fraction of sp³-hybridized carbons (Fsp3) is 0.458. The summed E-state index contributed by atoms with van der Waals surface area (Å²) in [4.78, 5) is 42.6. The first kappa shape index (κ1) is 23.9. The lowest BCUT2D eigenvalue weighted by molar-refractivity contribution is -0.143. The minimum atomic E-state index is -0.707. The molecule has 2 aromatic rings. The Labute approximate surface area is 196 Å². The van der Waals surface area contributed by atoms with Crippen LogP contribution in [0.2, 0.25) is 0 Å². The summed E-state index contributed by atoms with van der Waals surface area (Å²) >= 11 is 0. The number of morpholine rings is 1. The summed E-state index contributed by atoms with van der Waals surface area (Å²) in [5.74, 6) is -1.74. The maximum atomic E-state index is 13.3. The number of carbonyl (C=O) groups excluding carboxylic acids is 2. The first-order valence-electron chi connectivity index (χ1n) is 11.3. The third kappa shape index (κ3) is 4.69. The number of likely N-dealkylation sites (tertiary alicyclic amines) is 1. The van der Waals surface area contributed by atoms with E-state index in [0.29, 0.717) is 44.0 Å². The number of ether oxygens (including phenoxy) is 1. The van der Waals surface area contributed by atoms with Gasteiger partial charge in [-0.05, 0) is 43.7 Å². The molecule has 2 aliphatic rings. The van der Waals surface area contributed by atoms with Gasteiger partial charge in [-0.3, -0.25) is 19.3 Å². The van der Waals surface area contributed by atoms with Crippen LogP contribution in [0.1, 0.15) is 40.5 Å². The van der Waals surface area contributed by atoms with E-state index in [1.807, 2.05) is 11.9 Å². The fourth-order valence-corrected chi connectivity index (χ4v) is 4.55. The van der Waals surface area contributed by atoms with Gasteiger partial charge in [-0.15, -0.1) is 0 Å². The molecule has 182 valence electrons. The molecule has 0 radical (unpaired) electrons. The maximum absolute atomic E-state index is 13.3. The lowest BCUT2D eigenvalue weighted by Gasteiger charge is -2.36. The second-order valence-electron chi connectivity index (χ2n) is 8.77. The van der Waals surface area contributed by atoms with Gasteiger partial charge in [-0.2, -0.15) is 0 Å². The normalized spacial score (nSPS) is 21.0. The molecule has 34 heavy (non-hydrogen) atoms. The van der Waals surface area contributed by atoms with Gasteiger partial charge >= 0.3 is 0 Å². The van der Waals surface area contributed by atoms with Gasteiger partial charge in [0.25, 0.3) is 11.5 Å². The molecule has 2 fully saturated rings.